The van der Waals surface area contributed by atoms with Gasteiger partial charge in [0.2, 0.25) is 5.91 Å². The van der Waals surface area contributed by atoms with Gasteiger partial charge in [-0.3, -0.25) is 9.59 Å². The van der Waals surface area contributed by atoms with E-state index < -0.39 is 11.6 Å². The summed E-state index contributed by atoms with van der Waals surface area (Å²) in [6.07, 6.45) is 3.87. The summed E-state index contributed by atoms with van der Waals surface area (Å²) in [5, 5.41) is 3.07. The molecule has 0 aromatic heterocycles. The van der Waals surface area contributed by atoms with E-state index in [9.17, 15) is 9.59 Å². The number of carbonyl (C=O) groups is 2. The van der Waals surface area contributed by atoms with Crippen LogP contribution in [0.3, 0.4) is 0 Å². The molecule has 2 fully saturated rings. The van der Waals surface area contributed by atoms with Gasteiger partial charge in [-0.15, -0.1) is 0 Å². The molecule has 1 saturated heterocycles. The van der Waals surface area contributed by atoms with E-state index in [0.717, 1.165) is 31.2 Å². The van der Waals surface area contributed by atoms with Crippen LogP contribution < -0.4 is 14.8 Å². The Morgan fingerprint density at radius 2 is 2.25 bits per heavy atom. The van der Waals surface area contributed by atoms with E-state index in [1.54, 1.807) is 0 Å². The third-order valence-corrected chi connectivity index (χ3v) is 5.71. The zero-order valence-electron chi connectivity index (χ0n) is 14.1. The first-order valence-electron chi connectivity index (χ1n) is 8.84. The van der Waals surface area contributed by atoms with Gasteiger partial charge >= 0.3 is 0 Å². The second-order valence-corrected chi connectivity index (χ2v) is 7.05. The SMILES string of the molecule is CCOc1cccc2c1O[C@@]13CCCC[C@@H]1[C@@H]2[C@@H](C(C)=O)C(=O)N3. The number of amides is 1. The largest absolute Gasteiger partial charge is 0.490 e. The van der Waals surface area contributed by atoms with Gasteiger partial charge in [-0.1, -0.05) is 18.6 Å². The lowest BCUT2D eigenvalue weighted by atomic mass is 9.61. The van der Waals surface area contributed by atoms with Crippen molar-refractivity contribution in [1.82, 2.24) is 5.32 Å². The van der Waals surface area contributed by atoms with Crippen molar-refractivity contribution < 1.29 is 19.1 Å². The van der Waals surface area contributed by atoms with Gasteiger partial charge < -0.3 is 14.8 Å². The Hall–Kier alpha value is -2.04. The smallest absolute Gasteiger partial charge is 0.234 e. The van der Waals surface area contributed by atoms with Crippen LogP contribution >= 0.6 is 0 Å². The third kappa shape index (κ3) is 2.06. The molecule has 1 amide bonds. The number of carbonyl (C=O) groups excluding carboxylic acids is 2. The number of benzene rings is 1. The second-order valence-electron chi connectivity index (χ2n) is 7.05. The summed E-state index contributed by atoms with van der Waals surface area (Å²) in [4.78, 5) is 24.9. The summed E-state index contributed by atoms with van der Waals surface area (Å²) in [6.45, 7) is 4.00. The molecule has 2 bridgehead atoms. The molecule has 0 unspecified atom stereocenters. The van der Waals surface area contributed by atoms with Crippen LogP contribution in [0.2, 0.25) is 0 Å². The van der Waals surface area contributed by atoms with Gasteiger partial charge in [0.25, 0.3) is 0 Å². The molecule has 2 heterocycles. The lowest BCUT2D eigenvalue weighted by Crippen LogP contribution is -2.69. The van der Waals surface area contributed by atoms with Crippen LogP contribution in [0.5, 0.6) is 11.5 Å². The third-order valence-electron chi connectivity index (χ3n) is 5.71. The first-order chi connectivity index (χ1) is 11.6. The summed E-state index contributed by atoms with van der Waals surface area (Å²) >= 11 is 0. The Morgan fingerprint density at radius 3 is 3.00 bits per heavy atom. The number of hydrogen-bond donors (Lipinski definition) is 1. The molecule has 1 N–H and O–H groups in total. The van der Waals surface area contributed by atoms with Crippen LogP contribution in [-0.4, -0.2) is 24.0 Å². The number of para-hydroxylation sites is 1. The van der Waals surface area contributed by atoms with E-state index in [1.807, 2.05) is 25.1 Å². The molecule has 0 radical (unpaired) electrons. The number of nitrogens with one attached hydrogen (secondary N) is 1. The van der Waals surface area contributed by atoms with E-state index in [2.05, 4.69) is 5.32 Å². The summed E-state index contributed by atoms with van der Waals surface area (Å²) < 4.78 is 12.2. The minimum absolute atomic E-state index is 0.0775. The molecule has 5 heteroatoms. The molecule has 5 nitrogen and oxygen atoms in total. The van der Waals surface area contributed by atoms with Crippen molar-refractivity contribution in [3.8, 4) is 11.5 Å². The van der Waals surface area contributed by atoms with Crippen molar-refractivity contribution in [3.05, 3.63) is 23.8 Å². The van der Waals surface area contributed by atoms with E-state index in [1.165, 1.54) is 6.92 Å². The predicted octanol–water partition coefficient (Wildman–Crippen LogP) is 2.78. The molecule has 1 aliphatic carbocycles. The molecule has 128 valence electrons. The quantitative estimate of drug-likeness (QED) is 0.866. The molecule has 1 aromatic rings. The highest BCUT2D eigenvalue weighted by Gasteiger charge is 2.60. The van der Waals surface area contributed by atoms with E-state index in [0.29, 0.717) is 18.1 Å². The number of fused-ring (bicyclic) bond motifs is 2. The molecule has 24 heavy (non-hydrogen) atoms. The van der Waals surface area contributed by atoms with Gasteiger partial charge in [-0.25, -0.2) is 0 Å². The van der Waals surface area contributed by atoms with Gasteiger partial charge in [0, 0.05) is 23.8 Å². The first kappa shape index (κ1) is 15.5. The van der Waals surface area contributed by atoms with Crippen LogP contribution in [-0.2, 0) is 9.59 Å². The summed E-state index contributed by atoms with van der Waals surface area (Å²) in [5.74, 6) is 0.503. The van der Waals surface area contributed by atoms with Gasteiger partial charge in [-0.05, 0) is 32.8 Å². The molecule has 0 spiro atoms. The predicted molar refractivity (Wildman–Crippen MR) is 88.0 cm³/mol. The van der Waals surface area contributed by atoms with Crippen molar-refractivity contribution in [3.63, 3.8) is 0 Å². The fourth-order valence-electron chi connectivity index (χ4n) is 4.82. The molecule has 2 aliphatic heterocycles. The molecule has 4 atom stereocenters. The van der Waals surface area contributed by atoms with E-state index >= 15 is 0 Å². The lowest BCUT2D eigenvalue weighted by Gasteiger charge is -2.56. The Kier molecular flexibility index (Phi) is 3.55. The van der Waals surface area contributed by atoms with Crippen molar-refractivity contribution >= 4 is 11.7 Å². The maximum atomic E-state index is 12.7. The van der Waals surface area contributed by atoms with Crippen molar-refractivity contribution in [2.45, 2.75) is 51.2 Å². The Morgan fingerprint density at radius 1 is 1.42 bits per heavy atom. The van der Waals surface area contributed by atoms with Gasteiger partial charge in [-0.2, -0.15) is 0 Å². The first-order valence-corrected chi connectivity index (χ1v) is 8.84. The highest BCUT2D eigenvalue weighted by molar-refractivity contribution is 6.02. The minimum Gasteiger partial charge on any atom is -0.490 e. The van der Waals surface area contributed by atoms with E-state index in [-0.39, 0.29) is 23.5 Å². The Bertz CT molecular complexity index is 701. The number of hydrogen-bond acceptors (Lipinski definition) is 4. The average Bonchev–Trinajstić information content (AvgIpc) is 2.54. The number of piperidine rings is 1. The topological polar surface area (TPSA) is 64.6 Å². The zero-order valence-corrected chi connectivity index (χ0v) is 14.1. The van der Waals surface area contributed by atoms with Crippen LogP contribution in [0.25, 0.3) is 0 Å². The maximum Gasteiger partial charge on any atom is 0.234 e. The molecule has 4 rings (SSSR count). The van der Waals surface area contributed by atoms with Crippen molar-refractivity contribution in [1.29, 1.82) is 0 Å². The summed E-state index contributed by atoms with van der Waals surface area (Å²) in [7, 11) is 0. The number of rotatable bonds is 3. The number of Topliss-reactive ketones (excluding diaryl/α,β-unsaturated/α-hetero) is 1. The second kappa shape index (κ2) is 5.50. The average molecular weight is 329 g/mol. The Balaban J connectivity index is 1.91. The molecular formula is C19H23NO4. The molecule has 1 aromatic carbocycles. The van der Waals surface area contributed by atoms with E-state index in [4.69, 9.17) is 9.47 Å². The molecule has 1 saturated carbocycles. The van der Waals surface area contributed by atoms with Crippen LogP contribution in [0, 0.1) is 11.8 Å². The van der Waals surface area contributed by atoms with Crippen molar-refractivity contribution in [2.24, 2.45) is 11.8 Å². The molecule has 3 aliphatic rings. The van der Waals surface area contributed by atoms with Crippen LogP contribution in [0.4, 0.5) is 0 Å². The highest BCUT2D eigenvalue weighted by Crippen LogP contribution is 2.57. The fourth-order valence-corrected chi connectivity index (χ4v) is 4.82. The van der Waals surface area contributed by atoms with Crippen LogP contribution in [0.1, 0.15) is 51.0 Å². The normalized spacial score (nSPS) is 33.6. The van der Waals surface area contributed by atoms with Gasteiger partial charge in [0.05, 0.1) is 6.61 Å². The number of ether oxygens (including phenoxy) is 2. The van der Waals surface area contributed by atoms with Gasteiger partial charge in [0.15, 0.2) is 17.2 Å². The molecular weight excluding hydrogens is 306 g/mol. The zero-order chi connectivity index (χ0) is 16.9. The summed E-state index contributed by atoms with van der Waals surface area (Å²) in [6, 6.07) is 5.80. The fraction of sp³-hybridized carbons (Fsp3) is 0.579. The highest BCUT2D eigenvalue weighted by atomic mass is 16.5. The van der Waals surface area contributed by atoms with Crippen molar-refractivity contribution in [2.75, 3.05) is 6.61 Å². The number of ketones is 1. The lowest BCUT2D eigenvalue weighted by molar-refractivity contribution is -0.161. The van der Waals surface area contributed by atoms with Crippen LogP contribution in [0.15, 0.2) is 18.2 Å². The maximum absolute atomic E-state index is 12.7. The monoisotopic (exact) mass is 329 g/mol. The van der Waals surface area contributed by atoms with Gasteiger partial charge in [0.1, 0.15) is 11.7 Å². The standard InChI is InChI=1S/C19H23NO4/c1-3-23-14-9-6-7-12-16-13-8-4-5-10-19(13,24-17(12)14)20-18(22)15(16)11(2)21/h6-7,9,13,15-16H,3-5,8,10H2,1-2H3,(H,20,22)/t13-,15-,16-,19+/m1/s1. The Labute approximate surface area is 141 Å². The summed E-state index contributed by atoms with van der Waals surface area (Å²) in [5.41, 5.74) is 0.255. The minimum atomic E-state index is -0.688.